The fraction of sp³-hybridized carbons (Fsp3) is 0.167. The molecule has 7 rings (SSSR count). The predicted molar refractivity (Wildman–Crippen MR) is 168 cm³/mol. The molecule has 0 saturated heterocycles. The lowest BCUT2D eigenvalue weighted by Crippen LogP contribution is -1.99. The first kappa shape index (κ1) is 25.1. The van der Waals surface area contributed by atoms with E-state index in [2.05, 4.69) is 100 Å². The van der Waals surface area contributed by atoms with Crippen LogP contribution in [-0.2, 0) is 0 Å². The molecule has 0 spiro atoms. The van der Waals surface area contributed by atoms with E-state index in [-0.39, 0.29) is 5.92 Å². The van der Waals surface area contributed by atoms with Gasteiger partial charge in [-0.3, -0.25) is 9.97 Å². The summed E-state index contributed by atoms with van der Waals surface area (Å²) in [6, 6.07) is 33.8. The summed E-state index contributed by atoms with van der Waals surface area (Å²) < 4.78 is 1.87. The number of rotatable bonds is 5. The summed E-state index contributed by atoms with van der Waals surface area (Å²) in [5.41, 5.74) is 10.4. The van der Waals surface area contributed by atoms with Gasteiger partial charge in [0.05, 0.1) is 11.0 Å². The Bertz CT molecular complexity index is 2050. The normalized spacial score (nSPS) is 11.9. The van der Waals surface area contributed by atoms with Crippen molar-refractivity contribution < 1.29 is 0 Å². The molecule has 0 N–H and O–H groups in total. The second-order valence-electron chi connectivity index (χ2n) is 11.3. The van der Waals surface area contributed by atoms with Gasteiger partial charge in [0, 0.05) is 39.5 Å². The van der Waals surface area contributed by atoms with Gasteiger partial charge in [0.15, 0.2) is 11.5 Å². The standard InChI is InChI=1S/C36H31N5/c1-22(2)31-17-14-25-13-16-29-30(20-32(23(3)4)38-35(29)34(25)37-31)26-11-8-12-27(19-26)36-39-33-18-15-28(21-41(33)40-36)24-9-6-5-7-10-24/h5-23H,1-4H3. The van der Waals surface area contributed by atoms with Crippen molar-refractivity contribution in [1.82, 2.24) is 24.6 Å². The Kier molecular flexibility index (Phi) is 6.08. The van der Waals surface area contributed by atoms with Crippen molar-refractivity contribution in [2.24, 2.45) is 0 Å². The van der Waals surface area contributed by atoms with Crippen LogP contribution in [0.5, 0.6) is 0 Å². The minimum Gasteiger partial charge on any atom is -0.250 e. The molecule has 0 aliphatic heterocycles. The molecule has 5 heteroatoms. The number of hydrogen-bond acceptors (Lipinski definition) is 4. The lowest BCUT2D eigenvalue weighted by Gasteiger charge is -2.15. The molecule has 0 aliphatic rings. The number of pyridine rings is 3. The fourth-order valence-corrected chi connectivity index (χ4v) is 5.40. The minimum absolute atomic E-state index is 0.281. The zero-order valence-corrected chi connectivity index (χ0v) is 23.7. The highest BCUT2D eigenvalue weighted by Gasteiger charge is 2.16. The molecule has 0 amide bonds. The first-order chi connectivity index (χ1) is 19.9. The number of aromatic nitrogens is 5. The monoisotopic (exact) mass is 533 g/mol. The van der Waals surface area contributed by atoms with E-state index in [1.165, 1.54) is 0 Å². The van der Waals surface area contributed by atoms with Crippen LogP contribution in [0.25, 0.3) is 61.1 Å². The maximum atomic E-state index is 5.14. The van der Waals surface area contributed by atoms with Crippen LogP contribution in [-0.4, -0.2) is 24.6 Å². The van der Waals surface area contributed by atoms with Gasteiger partial charge in [-0.1, -0.05) is 94.4 Å². The highest BCUT2D eigenvalue weighted by molar-refractivity contribution is 6.08. The highest BCUT2D eigenvalue weighted by Crippen LogP contribution is 2.36. The third-order valence-corrected chi connectivity index (χ3v) is 7.73. The molecule has 3 aromatic carbocycles. The van der Waals surface area contributed by atoms with E-state index in [0.717, 1.165) is 66.7 Å². The summed E-state index contributed by atoms with van der Waals surface area (Å²) in [6.45, 7) is 8.74. The van der Waals surface area contributed by atoms with Gasteiger partial charge in [-0.2, -0.15) is 0 Å². The van der Waals surface area contributed by atoms with Crippen LogP contribution in [0.15, 0.2) is 103 Å². The molecule has 0 aliphatic carbocycles. The van der Waals surface area contributed by atoms with Gasteiger partial charge in [-0.15, -0.1) is 5.10 Å². The Morgan fingerprint density at radius 3 is 2.10 bits per heavy atom. The lowest BCUT2D eigenvalue weighted by atomic mass is 9.95. The van der Waals surface area contributed by atoms with E-state index in [1.807, 2.05) is 35.0 Å². The Balaban J connectivity index is 1.37. The second kappa shape index (κ2) is 9.93. The van der Waals surface area contributed by atoms with Gasteiger partial charge < -0.3 is 0 Å². The summed E-state index contributed by atoms with van der Waals surface area (Å²) in [7, 11) is 0. The summed E-state index contributed by atoms with van der Waals surface area (Å²) >= 11 is 0. The van der Waals surface area contributed by atoms with Gasteiger partial charge in [-0.25, -0.2) is 9.50 Å². The van der Waals surface area contributed by atoms with Crippen LogP contribution in [0.3, 0.4) is 0 Å². The third kappa shape index (κ3) is 4.53. The predicted octanol–water partition coefficient (Wildman–Crippen LogP) is 9.07. The molecule has 0 saturated carbocycles. The Hall–Kier alpha value is -4.90. The van der Waals surface area contributed by atoms with E-state index in [1.54, 1.807) is 0 Å². The van der Waals surface area contributed by atoms with Crippen molar-refractivity contribution in [3.63, 3.8) is 0 Å². The Morgan fingerprint density at radius 2 is 1.29 bits per heavy atom. The molecule has 200 valence electrons. The SMILES string of the molecule is CC(C)c1ccc2ccc3c(-c4cccc(-c5nc6ccc(-c7ccccc7)cn6n5)c4)cc(C(C)C)nc3c2n1. The topological polar surface area (TPSA) is 56.0 Å². The van der Waals surface area contributed by atoms with Crippen molar-refractivity contribution >= 4 is 27.5 Å². The molecule has 0 radical (unpaired) electrons. The zero-order chi connectivity index (χ0) is 28.1. The quantitative estimate of drug-likeness (QED) is 0.207. The third-order valence-electron chi connectivity index (χ3n) is 7.73. The summed E-state index contributed by atoms with van der Waals surface area (Å²) in [4.78, 5) is 15.1. The fourth-order valence-electron chi connectivity index (χ4n) is 5.40. The molecule has 0 atom stereocenters. The summed E-state index contributed by atoms with van der Waals surface area (Å²) in [6.07, 6.45) is 2.04. The largest absolute Gasteiger partial charge is 0.250 e. The Labute approximate surface area is 239 Å². The smallest absolute Gasteiger partial charge is 0.182 e. The van der Waals surface area contributed by atoms with Crippen LogP contribution in [0.4, 0.5) is 0 Å². The number of benzene rings is 3. The van der Waals surface area contributed by atoms with Crippen molar-refractivity contribution in [2.45, 2.75) is 39.5 Å². The maximum Gasteiger partial charge on any atom is 0.182 e. The lowest BCUT2D eigenvalue weighted by molar-refractivity contribution is 0.826. The van der Waals surface area contributed by atoms with Crippen molar-refractivity contribution in [3.05, 3.63) is 115 Å². The highest BCUT2D eigenvalue weighted by atomic mass is 15.3. The molecule has 7 aromatic rings. The van der Waals surface area contributed by atoms with Crippen LogP contribution in [0.2, 0.25) is 0 Å². The molecular formula is C36H31N5. The van der Waals surface area contributed by atoms with E-state index >= 15 is 0 Å². The minimum atomic E-state index is 0.281. The van der Waals surface area contributed by atoms with Crippen LogP contribution < -0.4 is 0 Å². The van der Waals surface area contributed by atoms with Gasteiger partial charge in [-0.05, 0) is 58.9 Å². The van der Waals surface area contributed by atoms with Crippen molar-refractivity contribution in [3.8, 4) is 33.6 Å². The number of nitrogens with zero attached hydrogens (tertiary/aromatic N) is 5. The zero-order valence-electron chi connectivity index (χ0n) is 23.7. The number of fused-ring (bicyclic) bond motifs is 4. The average molecular weight is 534 g/mol. The van der Waals surface area contributed by atoms with Crippen molar-refractivity contribution in [1.29, 1.82) is 0 Å². The molecule has 5 nitrogen and oxygen atoms in total. The molecule has 0 bridgehead atoms. The number of hydrogen-bond donors (Lipinski definition) is 0. The molecule has 4 heterocycles. The van der Waals surface area contributed by atoms with E-state index in [0.29, 0.717) is 11.7 Å². The molecule has 41 heavy (non-hydrogen) atoms. The van der Waals surface area contributed by atoms with Gasteiger partial charge in [0.1, 0.15) is 0 Å². The molecule has 0 unspecified atom stereocenters. The van der Waals surface area contributed by atoms with Crippen molar-refractivity contribution in [2.75, 3.05) is 0 Å². The van der Waals surface area contributed by atoms with E-state index in [4.69, 9.17) is 20.1 Å². The first-order valence-corrected chi connectivity index (χ1v) is 14.2. The van der Waals surface area contributed by atoms with Gasteiger partial charge >= 0.3 is 0 Å². The summed E-state index contributed by atoms with van der Waals surface area (Å²) in [5.74, 6) is 1.33. The molecule has 4 aromatic heterocycles. The van der Waals surface area contributed by atoms with E-state index in [9.17, 15) is 0 Å². The van der Waals surface area contributed by atoms with E-state index < -0.39 is 0 Å². The molecular weight excluding hydrogens is 502 g/mol. The van der Waals surface area contributed by atoms with Crippen LogP contribution in [0.1, 0.15) is 50.9 Å². The summed E-state index contributed by atoms with van der Waals surface area (Å²) in [5, 5.41) is 7.07. The molecule has 0 fully saturated rings. The Morgan fingerprint density at radius 1 is 0.561 bits per heavy atom. The second-order valence-corrected chi connectivity index (χ2v) is 11.3. The van der Waals surface area contributed by atoms with Crippen LogP contribution >= 0.6 is 0 Å². The average Bonchev–Trinajstić information content (AvgIpc) is 3.44. The van der Waals surface area contributed by atoms with Gasteiger partial charge in [0.2, 0.25) is 0 Å². The maximum absolute atomic E-state index is 5.14. The van der Waals surface area contributed by atoms with Crippen LogP contribution in [0, 0.1) is 0 Å². The van der Waals surface area contributed by atoms with Gasteiger partial charge in [0.25, 0.3) is 0 Å². The first-order valence-electron chi connectivity index (χ1n) is 14.2.